The third-order valence-corrected chi connectivity index (χ3v) is 3.27. The van der Waals surface area contributed by atoms with Gasteiger partial charge in [-0.25, -0.2) is 0 Å². The van der Waals surface area contributed by atoms with Gasteiger partial charge in [0, 0.05) is 17.5 Å². The number of rotatable bonds is 5. The molecule has 0 amide bonds. The molecule has 2 rings (SSSR count). The summed E-state index contributed by atoms with van der Waals surface area (Å²) in [5.41, 5.74) is 2.49. The molecule has 0 fully saturated rings. The van der Waals surface area contributed by atoms with Crippen molar-refractivity contribution < 1.29 is 9.53 Å². The van der Waals surface area contributed by atoms with Crippen molar-refractivity contribution in [3.63, 3.8) is 0 Å². The van der Waals surface area contributed by atoms with Crippen LogP contribution in [0.4, 0.5) is 5.69 Å². The number of carbonyl (C=O) groups is 1. The van der Waals surface area contributed by atoms with Crippen LogP contribution in [0.15, 0.2) is 59.8 Å². The van der Waals surface area contributed by atoms with Crippen LogP contribution in [0.1, 0.15) is 15.9 Å². The first-order valence-corrected chi connectivity index (χ1v) is 6.85. The Morgan fingerprint density at radius 3 is 2.29 bits per heavy atom. The highest BCUT2D eigenvalue weighted by atomic mass is 35.5. The van der Waals surface area contributed by atoms with Crippen molar-refractivity contribution in [2.75, 3.05) is 12.4 Å². The second-order valence-corrected chi connectivity index (χ2v) is 4.97. The predicted molar refractivity (Wildman–Crippen MR) is 86.1 cm³/mol. The summed E-state index contributed by atoms with van der Waals surface area (Å²) in [5.74, 6) is 0.559. The molecule has 21 heavy (non-hydrogen) atoms. The van der Waals surface area contributed by atoms with E-state index in [0.717, 1.165) is 17.0 Å². The van der Waals surface area contributed by atoms with Crippen LogP contribution in [0, 0.1) is 6.92 Å². The molecule has 0 unspecified atom stereocenters. The second kappa shape index (κ2) is 6.95. The molecular formula is C17H16ClNO2. The van der Waals surface area contributed by atoms with E-state index in [1.807, 2.05) is 43.3 Å². The number of allylic oxidation sites excluding steroid dienone is 1. The maximum Gasteiger partial charge on any atom is 0.205 e. The Balaban J connectivity index is 2.05. The lowest BCUT2D eigenvalue weighted by Gasteiger charge is -2.04. The summed E-state index contributed by atoms with van der Waals surface area (Å²) in [6, 6.07) is 14.6. The molecular weight excluding hydrogens is 286 g/mol. The first-order chi connectivity index (χ1) is 10.1. The molecule has 1 N–H and O–H groups in total. The van der Waals surface area contributed by atoms with Gasteiger partial charge in [-0.2, -0.15) is 0 Å². The lowest BCUT2D eigenvalue weighted by molar-refractivity contribution is 0.104. The Morgan fingerprint density at radius 1 is 1.10 bits per heavy atom. The Morgan fingerprint density at radius 2 is 1.71 bits per heavy atom. The van der Waals surface area contributed by atoms with Crippen molar-refractivity contribution in [1.29, 1.82) is 0 Å². The number of carbonyl (C=O) groups excluding carboxylic acids is 1. The number of methoxy groups -OCH3 is 1. The minimum Gasteiger partial charge on any atom is -0.497 e. The number of ether oxygens (including phenoxy) is 1. The van der Waals surface area contributed by atoms with Crippen molar-refractivity contribution in [3.05, 3.63) is 70.9 Å². The van der Waals surface area contributed by atoms with Gasteiger partial charge in [-0.15, -0.1) is 0 Å². The van der Waals surface area contributed by atoms with Gasteiger partial charge in [-0.1, -0.05) is 41.4 Å². The molecule has 3 nitrogen and oxygen atoms in total. The van der Waals surface area contributed by atoms with Crippen molar-refractivity contribution in [1.82, 2.24) is 0 Å². The highest BCUT2D eigenvalue weighted by Gasteiger charge is 2.09. The van der Waals surface area contributed by atoms with E-state index in [9.17, 15) is 4.79 Å². The van der Waals surface area contributed by atoms with Gasteiger partial charge in [0.25, 0.3) is 0 Å². The number of ketones is 1. The average molecular weight is 302 g/mol. The molecule has 4 heteroatoms. The fourth-order valence-corrected chi connectivity index (χ4v) is 1.91. The van der Waals surface area contributed by atoms with E-state index in [4.69, 9.17) is 16.3 Å². The first kappa shape index (κ1) is 15.1. The molecule has 2 aromatic carbocycles. The normalized spacial score (nSPS) is 11.1. The standard InChI is InChI=1S/C17H16ClNO2/c1-12-3-5-13(6-4-12)17(20)16(18)11-19-14-7-9-15(21-2)10-8-14/h3-11,19H,1-2H3/b16-11-. The van der Waals surface area contributed by atoms with Crippen LogP contribution in [-0.2, 0) is 0 Å². The Bertz CT molecular complexity index is 645. The van der Waals surface area contributed by atoms with Gasteiger partial charge >= 0.3 is 0 Å². The molecule has 0 saturated heterocycles. The van der Waals surface area contributed by atoms with Crippen LogP contribution in [-0.4, -0.2) is 12.9 Å². The number of hydrogen-bond acceptors (Lipinski definition) is 3. The van der Waals surface area contributed by atoms with Gasteiger partial charge in [0.1, 0.15) is 10.8 Å². The van der Waals surface area contributed by atoms with Gasteiger partial charge in [0.15, 0.2) is 0 Å². The molecule has 0 aliphatic heterocycles. The van der Waals surface area contributed by atoms with Crippen molar-refractivity contribution in [3.8, 4) is 5.75 Å². The number of aryl methyl sites for hydroxylation is 1. The Kier molecular flexibility index (Phi) is 5.01. The van der Waals surface area contributed by atoms with Crippen molar-refractivity contribution in [2.24, 2.45) is 0 Å². The van der Waals surface area contributed by atoms with Gasteiger partial charge in [-0.3, -0.25) is 4.79 Å². The Hall–Kier alpha value is -2.26. The lowest BCUT2D eigenvalue weighted by Crippen LogP contribution is -2.01. The zero-order valence-corrected chi connectivity index (χ0v) is 12.6. The third-order valence-electron chi connectivity index (χ3n) is 2.99. The number of Topliss-reactive ketones (excluding diaryl/α,β-unsaturated/α-hetero) is 1. The number of benzene rings is 2. The SMILES string of the molecule is COc1ccc(N/C=C(\Cl)C(=O)c2ccc(C)cc2)cc1. The van der Waals surface area contributed by atoms with E-state index in [0.29, 0.717) is 5.56 Å². The summed E-state index contributed by atoms with van der Waals surface area (Å²) in [5, 5.41) is 3.12. The highest BCUT2D eigenvalue weighted by Crippen LogP contribution is 2.17. The van der Waals surface area contributed by atoms with Crippen LogP contribution < -0.4 is 10.1 Å². The summed E-state index contributed by atoms with van der Waals surface area (Å²) < 4.78 is 5.08. The highest BCUT2D eigenvalue weighted by molar-refractivity contribution is 6.45. The largest absolute Gasteiger partial charge is 0.497 e. The lowest BCUT2D eigenvalue weighted by atomic mass is 10.1. The molecule has 0 bridgehead atoms. The summed E-state index contributed by atoms with van der Waals surface area (Å²) in [4.78, 5) is 12.1. The number of nitrogens with one attached hydrogen (secondary N) is 1. The topological polar surface area (TPSA) is 38.3 Å². The number of anilines is 1. The minimum atomic E-state index is -0.210. The van der Waals surface area contributed by atoms with Gasteiger partial charge in [0.2, 0.25) is 5.78 Å². The zero-order valence-electron chi connectivity index (χ0n) is 11.9. The van der Waals surface area contributed by atoms with Gasteiger partial charge < -0.3 is 10.1 Å². The van der Waals surface area contributed by atoms with Crippen LogP contribution in [0.25, 0.3) is 0 Å². The molecule has 2 aromatic rings. The summed E-state index contributed by atoms with van der Waals surface area (Å²) >= 11 is 6.04. The molecule has 0 saturated carbocycles. The zero-order chi connectivity index (χ0) is 15.2. The number of hydrogen-bond donors (Lipinski definition) is 1. The first-order valence-electron chi connectivity index (χ1n) is 6.48. The molecule has 0 aromatic heterocycles. The minimum absolute atomic E-state index is 0.134. The smallest absolute Gasteiger partial charge is 0.205 e. The van der Waals surface area contributed by atoms with E-state index in [2.05, 4.69) is 5.32 Å². The maximum atomic E-state index is 12.1. The molecule has 0 atom stereocenters. The van der Waals surface area contributed by atoms with E-state index >= 15 is 0 Å². The van der Waals surface area contributed by atoms with E-state index < -0.39 is 0 Å². The van der Waals surface area contributed by atoms with Gasteiger partial charge in [-0.05, 0) is 31.2 Å². The predicted octanol–water partition coefficient (Wildman–Crippen LogP) is 4.38. The molecule has 0 spiro atoms. The van der Waals surface area contributed by atoms with Crippen molar-refractivity contribution >= 4 is 23.1 Å². The monoisotopic (exact) mass is 301 g/mol. The molecule has 0 radical (unpaired) electrons. The van der Waals surface area contributed by atoms with E-state index in [1.54, 1.807) is 19.2 Å². The third kappa shape index (κ3) is 4.10. The van der Waals surface area contributed by atoms with Crippen molar-refractivity contribution in [2.45, 2.75) is 6.92 Å². The van der Waals surface area contributed by atoms with Gasteiger partial charge in [0.05, 0.1) is 7.11 Å². The Labute approximate surface area is 129 Å². The fraction of sp³-hybridized carbons (Fsp3) is 0.118. The summed E-state index contributed by atoms with van der Waals surface area (Å²) in [6.07, 6.45) is 1.49. The molecule has 0 heterocycles. The average Bonchev–Trinajstić information content (AvgIpc) is 2.53. The van der Waals surface area contributed by atoms with Crippen LogP contribution in [0.2, 0.25) is 0 Å². The van der Waals surface area contributed by atoms with E-state index in [-0.39, 0.29) is 10.8 Å². The number of halogens is 1. The maximum absolute atomic E-state index is 12.1. The molecule has 0 aliphatic carbocycles. The van der Waals surface area contributed by atoms with Crippen LogP contribution in [0.5, 0.6) is 5.75 Å². The van der Waals surface area contributed by atoms with Crippen LogP contribution in [0.3, 0.4) is 0 Å². The molecule has 108 valence electrons. The molecule has 0 aliphatic rings. The summed E-state index contributed by atoms with van der Waals surface area (Å²) in [7, 11) is 1.61. The second-order valence-electron chi connectivity index (χ2n) is 4.56. The fourth-order valence-electron chi connectivity index (χ4n) is 1.74. The quantitative estimate of drug-likeness (QED) is 0.658. The van der Waals surface area contributed by atoms with Crippen LogP contribution >= 0.6 is 11.6 Å². The summed E-state index contributed by atoms with van der Waals surface area (Å²) in [6.45, 7) is 1.97. The van der Waals surface area contributed by atoms with E-state index in [1.165, 1.54) is 6.20 Å².